The van der Waals surface area contributed by atoms with Crippen LogP contribution < -0.4 is 10.6 Å². The zero-order valence-corrected chi connectivity index (χ0v) is 21.0. The molecule has 0 bridgehead atoms. The average molecular weight is 500 g/mol. The maximum atomic E-state index is 14.4. The van der Waals surface area contributed by atoms with E-state index in [0.717, 1.165) is 5.57 Å². The third-order valence-corrected chi connectivity index (χ3v) is 6.32. The molecule has 9 nitrogen and oxygen atoms in total. The molecule has 1 aliphatic rings. The highest BCUT2D eigenvalue weighted by molar-refractivity contribution is 6.09. The Hall–Kier alpha value is -4.47. The smallest absolute Gasteiger partial charge is 0.270 e. The summed E-state index contributed by atoms with van der Waals surface area (Å²) in [6.45, 7) is 7.80. The van der Waals surface area contributed by atoms with E-state index in [-0.39, 0.29) is 35.6 Å². The van der Waals surface area contributed by atoms with Crippen molar-refractivity contribution in [2.75, 3.05) is 11.9 Å². The number of allylic oxidation sites excluding steroid dienone is 1. The molecule has 0 unspecified atom stereocenters. The van der Waals surface area contributed by atoms with E-state index in [1.54, 1.807) is 49.0 Å². The molecule has 0 spiro atoms. The van der Waals surface area contributed by atoms with E-state index in [1.807, 2.05) is 26.0 Å². The summed E-state index contributed by atoms with van der Waals surface area (Å²) in [5, 5.41) is 10.9. The number of hydrogen-bond acceptors (Lipinski definition) is 6. The van der Waals surface area contributed by atoms with Gasteiger partial charge in [0.05, 0.1) is 17.3 Å². The number of fused-ring (bicyclic) bond motifs is 2. The van der Waals surface area contributed by atoms with E-state index in [0.29, 0.717) is 34.4 Å². The monoisotopic (exact) mass is 499 g/mol. The Kier molecular flexibility index (Phi) is 6.02. The number of benzene rings is 1. The van der Waals surface area contributed by atoms with Crippen molar-refractivity contribution in [2.24, 2.45) is 0 Å². The van der Waals surface area contributed by atoms with Crippen molar-refractivity contribution in [3.8, 4) is 11.5 Å². The molecule has 0 saturated heterocycles. The van der Waals surface area contributed by atoms with Crippen molar-refractivity contribution < 1.29 is 14.0 Å². The summed E-state index contributed by atoms with van der Waals surface area (Å²) in [6, 6.07) is 10.0. The van der Waals surface area contributed by atoms with Crippen molar-refractivity contribution in [1.82, 2.24) is 30.0 Å². The van der Waals surface area contributed by atoms with Gasteiger partial charge in [-0.2, -0.15) is 5.10 Å². The van der Waals surface area contributed by atoms with Crippen LogP contribution >= 0.6 is 0 Å². The molecule has 0 aliphatic carbocycles. The van der Waals surface area contributed by atoms with Gasteiger partial charge in [-0.25, -0.2) is 24.0 Å². The summed E-state index contributed by atoms with van der Waals surface area (Å²) in [5.74, 6) is -0.612. The summed E-state index contributed by atoms with van der Waals surface area (Å²) in [7, 11) is 0. The SMILES string of the molecule is CC(C)=CCNC(=O)c1nc(-c2nn(Cc3ccccc3F)c3ncccc23)nc2c1C(C)(C)C(=O)N2. The second kappa shape index (κ2) is 9.20. The van der Waals surface area contributed by atoms with Crippen molar-refractivity contribution in [2.45, 2.75) is 39.7 Å². The van der Waals surface area contributed by atoms with E-state index in [2.05, 4.69) is 30.7 Å². The largest absolute Gasteiger partial charge is 0.347 e. The van der Waals surface area contributed by atoms with E-state index in [1.165, 1.54) is 6.07 Å². The number of anilines is 1. The predicted molar refractivity (Wildman–Crippen MR) is 137 cm³/mol. The Morgan fingerprint density at radius 1 is 1.16 bits per heavy atom. The van der Waals surface area contributed by atoms with Crippen LogP contribution in [0.25, 0.3) is 22.6 Å². The molecule has 0 saturated carbocycles. The normalized spacial score (nSPS) is 13.8. The number of amides is 2. The fraction of sp³-hybridized carbons (Fsp3) is 0.259. The van der Waals surface area contributed by atoms with Gasteiger partial charge >= 0.3 is 0 Å². The van der Waals surface area contributed by atoms with Gasteiger partial charge in [-0.3, -0.25) is 9.59 Å². The van der Waals surface area contributed by atoms with Crippen molar-refractivity contribution in [3.05, 3.63) is 76.9 Å². The lowest BCUT2D eigenvalue weighted by Gasteiger charge is -2.18. The number of nitrogens with zero attached hydrogens (tertiary/aromatic N) is 5. The Morgan fingerprint density at radius 2 is 1.95 bits per heavy atom. The number of aromatic nitrogens is 5. The third-order valence-electron chi connectivity index (χ3n) is 6.32. The zero-order chi connectivity index (χ0) is 26.3. The first-order valence-corrected chi connectivity index (χ1v) is 11.9. The number of carbonyl (C=O) groups is 2. The fourth-order valence-electron chi connectivity index (χ4n) is 4.30. The summed E-state index contributed by atoms with van der Waals surface area (Å²) in [5.41, 5.74) is 1.95. The Labute approximate surface area is 212 Å². The van der Waals surface area contributed by atoms with Crippen LogP contribution in [0, 0.1) is 5.82 Å². The number of hydrogen-bond donors (Lipinski definition) is 2. The van der Waals surface area contributed by atoms with E-state index < -0.39 is 11.3 Å². The van der Waals surface area contributed by atoms with Gasteiger partial charge in [0.2, 0.25) is 5.91 Å². The van der Waals surface area contributed by atoms with Crippen molar-refractivity contribution >= 4 is 28.7 Å². The van der Waals surface area contributed by atoms with Gasteiger partial charge < -0.3 is 10.6 Å². The molecule has 188 valence electrons. The number of carbonyl (C=O) groups excluding carboxylic acids is 2. The molecule has 4 heterocycles. The molecule has 2 amide bonds. The molecule has 4 aromatic rings. The topological polar surface area (TPSA) is 115 Å². The van der Waals surface area contributed by atoms with E-state index >= 15 is 0 Å². The lowest BCUT2D eigenvalue weighted by atomic mass is 9.85. The molecule has 10 heteroatoms. The van der Waals surface area contributed by atoms with Gasteiger partial charge in [0.25, 0.3) is 5.91 Å². The third kappa shape index (κ3) is 4.35. The minimum atomic E-state index is -0.995. The van der Waals surface area contributed by atoms with Gasteiger partial charge in [-0.1, -0.05) is 29.8 Å². The van der Waals surface area contributed by atoms with Crippen LogP contribution in [-0.4, -0.2) is 43.1 Å². The molecule has 0 atom stereocenters. The highest BCUT2D eigenvalue weighted by Crippen LogP contribution is 2.39. The summed E-state index contributed by atoms with van der Waals surface area (Å²) < 4.78 is 16.0. The maximum absolute atomic E-state index is 14.4. The molecular formula is C27H26FN7O2. The predicted octanol–water partition coefficient (Wildman–Crippen LogP) is 4.00. The van der Waals surface area contributed by atoms with E-state index in [4.69, 9.17) is 0 Å². The number of halogens is 1. The van der Waals surface area contributed by atoms with Crippen LogP contribution in [0.1, 0.15) is 49.3 Å². The number of pyridine rings is 1. The highest BCUT2D eigenvalue weighted by atomic mass is 19.1. The van der Waals surface area contributed by atoms with E-state index in [9.17, 15) is 14.0 Å². The van der Waals surface area contributed by atoms with Crippen LogP contribution in [0.5, 0.6) is 0 Å². The second-order valence-corrected chi connectivity index (χ2v) is 9.66. The lowest BCUT2D eigenvalue weighted by Crippen LogP contribution is -2.32. The van der Waals surface area contributed by atoms with Crippen LogP contribution in [0.15, 0.2) is 54.2 Å². The average Bonchev–Trinajstić information content (AvgIpc) is 3.33. The molecule has 2 N–H and O–H groups in total. The molecule has 3 aromatic heterocycles. The molecule has 0 radical (unpaired) electrons. The first kappa shape index (κ1) is 24.2. The van der Waals surface area contributed by atoms with Gasteiger partial charge in [0, 0.05) is 23.9 Å². The quantitative estimate of drug-likeness (QED) is 0.388. The zero-order valence-electron chi connectivity index (χ0n) is 21.0. The molecule has 0 fully saturated rings. The van der Waals surface area contributed by atoms with Crippen molar-refractivity contribution in [3.63, 3.8) is 0 Å². The summed E-state index contributed by atoms with van der Waals surface area (Å²) in [4.78, 5) is 39.7. The standard InChI is InChI=1S/C27H26FN7O2/c1-15(2)11-13-30-25(36)21-19-22(33-26(37)27(19,3)4)32-23(31-21)20-17-9-7-12-29-24(17)35(34-20)14-16-8-5-6-10-18(16)28/h5-12H,13-14H2,1-4H3,(H,30,36)(H,31,32,33,37). The van der Waals surface area contributed by atoms with Crippen molar-refractivity contribution in [1.29, 1.82) is 0 Å². The summed E-state index contributed by atoms with van der Waals surface area (Å²) in [6.07, 6.45) is 3.51. The van der Waals surface area contributed by atoms with Gasteiger partial charge in [-0.15, -0.1) is 0 Å². The molecular weight excluding hydrogens is 473 g/mol. The van der Waals surface area contributed by atoms with Crippen LogP contribution in [0.3, 0.4) is 0 Å². The number of nitrogens with one attached hydrogen (secondary N) is 2. The lowest BCUT2D eigenvalue weighted by molar-refractivity contribution is -0.119. The minimum absolute atomic E-state index is 0.103. The Morgan fingerprint density at radius 3 is 2.70 bits per heavy atom. The summed E-state index contributed by atoms with van der Waals surface area (Å²) >= 11 is 0. The second-order valence-electron chi connectivity index (χ2n) is 9.66. The first-order chi connectivity index (χ1) is 17.7. The maximum Gasteiger partial charge on any atom is 0.270 e. The van der Waals surface area contributed by atoms with Gasteiger partial charge in [0.15, 0.2) is 11.5 Å². The first-order valence-electron chi connectivity index (χ1n) is 11.9. The fourth-order valence-corrected chi connectivity index (χ4v) is 4.30. The van der Waals surface area contributed by atoms with Gasteiger partial charge in [-0.05, 0) is 45.9 Å². The minimum Gasteiger partial charge on any atom is -0.347 e. The number of rotatable bonds is 6. The van der Waals surface area contributed by atoms with Gasteiger partial charge in [0.1, 0.15) is 23.0 Å². The molecule has 1 aliphatic heterocycles. The highest BCUT2D eigenvalue weighted by Gasteiger charge is 2.44. The van der Waals surface area contributed by atoms with Crippen LogP contribution in [0.4, 0.5) is 10.2 Å². The molecule has 5 rings (SSSR count). The Bertz CT molecular complexity index is 1590. The Balaban J connectivity index is 1.65. The van der Waals surface area contributed by atoms with Crippen LogP contribution in [0.2, 0.25) is 0 Å². The molecule has 37 heavy (non-hydrogen) atoms. The van der Waals surface area contributed by atoms with Crippen LogP contribution in [-0.2, 0) is 16.8 Å². The molecule has 1 aromatic carbocycles.